The number of hydrogen-bond acceptors (Lipinski definition) is 0. The van der Waals surface area contributed by atoms with Crippen LogP contribution in [-0.2, 0) is 0 Å². The minimum atomic E-state index is 0.286. The molecular weight excluding hydrogens is 203 g/mol. The predicted molar refractivity (Wildman–Crippen MR) is 60.1 cm³/mol. The lowest BCUT2D eigenvalue weighted by molar-refractivity contribution is 0.255. The first-order valence-corrected chi connectivity index (χ1v) is 5.38. The van der Waals surface area contributed by atoms with Crippen LogP contribution in [0, 0.1) is 11.3 Å². The molecule has 0 saturated carbocycles. The molecule has 0 spiro atoms. The van der Waals surface area contributed by atoms with Gasteiger partial charge in [0.25, 0.3) is 0 Å². The first kappa shape index (κ1) is 11.1. The Morgan fingerprint density at radius 2 is 2.15 bits per heavy atom. The Hall–Kier alpha value is 0.0600. The molecule has 1 atom stereocenters. The molecule has 1 aliphatic rings. The second kappa shape index (κ2) is 4.06. The van der Waals surface area contributed by atoms with Crippen LogP contribution < -0.4 is 0 Å². The molecule has 0 aromatic carbocycles. The highest BCUT2D eigenvalue weighted by Crippen LogP contribution is 2.42. The molecule has 0 nitrogen and oxygen atoms in total. The maximum Gasteiger partial charge on any atom is 0.103 e. The standard InChI is InChI=1S/C11H16Cl2/c1-8-5-4-6-11(2,3)9(8)7-10(12)13/h5,7,9H,4,6H2,1-3H3. The fourth-order valence-corrected chi connectivity index (χ4v) is 2.31. The van der Waals surface area contributed by atoms with Crippen LogP contribution in [0.4, 0.5) is 0 Å². The Bertz CT molecular complexity index is 245. The van der Waals surface area contributed by atoms with Crippen LogP contribution in [0.3, 0.4) is 0 Å². The summed E-state index contributed by atoms with van der Waals surface area (Å²) in [6, 6.07) is 0. The summed E-state index contributed by atoms with van der Waals surface area (Å²) >= 11 is 11.4. The zero-order valence-electron chi connectivity index (χ0n) is 8.40. The van der Waals surface area contributed by atoms with Crippen LogP contribution >= 0.6 is 23.2 Å². The second-order valence-electron chi connectivity index (χ2n) is 4.41. The number of allylic oxidation sites excluding steroid dienone is 3. The molecule has 1 rings (SSSR count). The summed E-state index contributed by atoms with van der Waals surface area (Å²) in [5.41, 5.74) is 1.67. The molecule has 0 heterocycles. The average molecular weight is 219 g/mol. The molecule has 0 aromatic heterocycles. The van der Waals surface area contributed by atoms with Gasteiger partial charge in [-0.3, -0.25) is 0 Å². The van der Waals surface area contributed by atoms with Gasteiger partial charge in [-0.15, -0.1) is 0 Å². The molecule has 0 aromatic rings. The highest BCUT2D eigenvalue weighted by molar-refractivity contribution is 6.55. The molecule has 0 bridgehead atoms. The third-order valence-electron chi connectivity index (χ3n) is 2.88. The van der Waals surface area contributed by atoms with Crippen LogP contribution in [0.15, 0.2) is 22.2 Å². The van der Waals surface area contributed by atoms with Crippen LogP contribution in [0.2, 0.25) is 0 Å². The summed E-state index contributed by atoms with van der Waals surface area (Å²) in [5.74, 6) is 0.395. The molecule has 0 amide bonds. The molecule has 0 saturated heterocycles. The first-order valence-electron chi connectivity index (χ1n) is 4.63. The van der Waals surface area contributed by atoms with E-state index in [0.717, 1.165) is 0 Å². The number of hydrogen-bond donors (Lipinski definition) is 0. The average Bonchev–Trinajstić information content (AvgIpc) is 1.96. The van der Waals surface area contributed by atoms with Gasteiger partial charge in [0.15, 0.2) is 0 Å². The van der Waals surface area contributed by atoms with Crippen molar-refractivity contribution in [3.8, 4) is 0 Å². The summed E-state index contributed by atoms with van der Waals surface area (Å²) in [4.78, 5) is 0. The second-order valence-corrected chi connectivity index (χ2v) is 5.42. The molecule has 0 aliphatic heterocycles. The van der Waals surface area contributed by atoms with Crippen molar-refractivity contribution in [3.63, 3.8) is 0 Å². The van der Waals surface area contributed by atoms with E-state index < -0.39 is 0 Å². The van der Waals surface area contributed by atoms with Crippen molar-refractivity contribution in [1.29, 1.82) is 0 Å². The van der Waals surface area contributed by atoms with Crippen molar-refractivity contribution >= 4 is 23.2 Å². The largest absolute Gasteiger partial charge is 0.103 e. The predicted octanol–water partition coefficient (Wildman–Crippen LogP) is 4.69. The van der Waals surface area contributed by atoms with Gasteiger partial charge in [0.2, 0.25) is 0 Å². The topological polar surface area (TPSA) is 0 Å². The van der Waals surface area contributed by atoms with Crippen LogP contribution in [0.1, 0.15) is 33.6 Å². The van der Waals surface area contributed by atoms with E-state index in [4.69, 9.17) is 23.2 Å². The lowest BCUT2D eigenvalue weighted by Gasteiger charge is -2.36. The lowest BCUT2D eigenvalue weighted by atomic mass is 9.69. The van der Waals surface area contributed by atoms with Gasteiger partial charge in [-0.05, 0) is 31.3 Å². The molecule has 0 fully saturated rings. The quantitative estimate of drug-likeness (QED) is 0.561. The van der Waals surface area contributed by atoms with Gasteiger partial charge in [-0.2, -0.15) is 0 Å². The van der Waals surface area contributed by atoms with E-state index in [9.17, 15) is 0 Å². The van der Waals surface area contributed by atoms with E-state index in [0.29, 0.717) is 10.4 Å². The van der Waals surface area contributed by atoms with Crippen molar-refractivity contribution in [1.82, 2.24) is 0 Å². The molecule has 74 valence electrons. The van der Waals surface area contributed by atoms with Crippen molar-refractivity contribution in [2.75, 3.05) is 0 Å². The Kier molecular flexibility index (Phi) is 3.48. The first-order chi connectivity index (χ1) is 5.93. The van der Waals surface area contributed by atoms with Crippen molar-refractivity contribution in [2.45, 2.75) is 33.6 Å². The molecule has 1 aliphatic carbocycles. The van der Waals surface area contributed by atoms with E-state index in [2.05, 4.69) is 26.8 Å². The van der Waals surface area contributed by atoms with E-state index in [1.54, 1.807) is 0 Å². The Labute approximate surface area is 90.6 Å². The van der Waals surface area contributed by atoms with Gasteiger partial charge in [0, 0.05) is 5.92 Å². The van der Waals surface area contributed by atoms with Gasteiger partial charge in [-0.1, -0.05) is 48.7 Å². The van der Waals surface area contributed by atoms with Crippen LogP contribution in [-0.4, -0.2) is 0 Å². The summed E-state index contributed by atoms with van der Waals surface area (Å²) < 4.78 is 0.382. The maximum atomic E-state index is 5.70. The van der Waals surface area contributed by atoms with Gasteiger partial charge < -0.3 is 0 Å². The summed E-state index contributed by atoms with van der Waals surface area (Å²) in [6.07, 6.45) is 6.60. The lowest BCUT2D eigenvalue weighted by Crippen LogP contribution is -2.26. The summed E-state index contributed by atoms with van der Waals surface area (Å²) in [7, 11) is 0. The fourth-order valence-electron chi connectivity index (χ4n) is 2.05. The fraction of sp³-hybridized carbons (Fsp3) is 0.636. The van der Waals surface area contributed by atoms with Gasteiger partial charge in [0.1, 0.15) is 4.49 Å². The van der Waals surface area contributed by atoms with Crippen molar-refractivity contribution < 1.29 is 0 Å². The normalized spacial score (nSPS) is 26.5. The van der Waals surface area contributed by atoms with Crippen LogP contribution in [0.25, 0.3) is 0 Å². The van der Waals surface area contributed by atoms with Crippen LogP contribution in [0.5, 0.6) is 0 Å². The Balaban J connectivity index is 2.94. The van der Waals surface area contributed by atoms with E-state index in [1.807, 2.05) is 6.08 Å². The molecule has 13 heavy (non-hydrogen) atoms. The zero-order chi connectivity index (χ0) is 10.1. The van der Waals surface area contributed by atoms with Crippen molar-refractivity contribution in [2.24, 2.45) is 11.3 Å². The molecule has 1 unspecified atom stereocenters. The molecule has 0 radical (unpaired) electrons. The molecule has 2 heteroatoms. The number of halogens is 2. The monoisotopic (exact) mass is 218 g/mol. The highest BCUT2D eigenvalue weighted by atomic mass is 35.5. The minimum absolute atomic E-state index is 0.286. The third kappa shape index (κ3) is 2.75. The van der Waals surface area contributed by atoms with E-state index in [1.165, 1.54) is 18.4 Å². The SMILES string of the molecule is CC1=CCCC(C)(C)C1C=C(Cl)Cl. The molecular formula is C11H16Cl2. The zero-order valence-corrected chi connectivity index (χ0v) is 9.91. The molecule has 0 N–H and O–H groups in total. The van der Waals surface area contributed by atoms with Crippen molar-refractivity contribution in [3.05, 3.63) is 22.2 Å². The van der Waals surface area contributed by atoms with Gasteiger partial charge >= 0.3 is 0 Å². The summed E-state index contributed by atoms with van der Waals surface area (Å²) in [6.45, 7) is 6.68. The van der Waals surface area contributed by atoms with E-state index in [-0.39, 0.29) is 5.41 Å². The number of rotatable bonds is 1. The summed E-state index contributed by atoms with van der Waals surface area (Å²) in [5, 5.41) is 0. The van der Waals surface area contributed by atoms with E-state index >= 15 is 0 Å². The van der Waals surface area contributed by atoms with Gasteiger partial charge in [-0.25, -0.2) is 0 Å². The third-order valence-corrected chi connectivity index (χ3v) is 3.13. The highest BCUT2D eigenvalue weighted by Gasteiger charge is 2.31. The smallest absolute Gasteiger partial charge is 0.0850 e. The minimum Gasteiger partial charge on any atom is -0.0850 e. The Morgan fingerprint density at radius 3 is 2.62 bits per heavy atom. The maximum absolute atomic E-state index is 5.70. The Morgan fingerprint density at radius 1 is 1.54 bits per heavy atom. The van der Waals surface area contributed by atoms with Gasteiger partial charge in [0.05, 0.1) is 0 Å².